The molecule has 0 spiro atoms. The maximum atomic E-state index is 4.79. The Morgan fingerprint density at radius 3 is 2.42 bits per heavy atom. The number of rotatable bonds is 1. The average Bonchev–Trinajstić information content (AvgIpc) is 2.42. The van der Waals surface area contributed by atoms with Gasteiger partial charge in [-0.3, -0.25) is 4.98 Å². The normalized spacial score (nSPS) is 11.2. The molecule has 96 valence electrons. The lowest BCUT2D eigenvalue weighted by Crippen LogP contribution is -1.99. The number of anilines is 1. The van der Waals surface area contributed by atoms with Crippen molar-refractivity contribution in [1.82, 2.24) is 4.98 Å². The van der Waals surface area contributed by atoms with Gasteiger partial charge in [-0.1, -0.05) is 40.2 Å². The lowest BCUT2D eigenvalue weighted by Gasteiger charge is -2.14. The molecule has 1 heterocycles. The standard InChI is InChI=1S/C16H15BrN2/c1-9-10(2)19-16-12-7-5-4-6-11(12)14(17)8-13(16)15(9)18-3/h4-8H,1-3H3,(H,18,19). The van der Waals surface area contributed by atoms with E-state index in [1.165, 1.54) is 16.3 Å². The summed E-state index contributed by atoms with van der Waals surface area (Å²) in [6, 6.07) is 10.5. The summed E-state index contributed by atoms with van der Waals surface area (Å²) >= 11 is 3.67. The zero-order valence-corrected chi connectivity index (χ0v) is 12.8. The fraction of sp³-hybridized carbons (Fsp3) is 0.188. The van der Waals surface area contributed by atoms with Crippen molar-refractivity contribution in [2.45, 2.75) is 13.8 Å². The number of fused-ring (bicyclic) bond motifs is 3. The summed E-state index contributed by atoms with van der Waals surface area (Å²) in [4.78, 5) is 4.79. The quantitative estimate of drug-likeness (QED) is 0.652. The summed E-state index contributed by atoms with van der Waals surface area (Å²) in [7, 11) is 1.96. The van der Waals surface area contributed by atoms with Crippen molar-refractivity contribution < 1.29 is 0 Å². The molecule has 0 saturated heterocycles. The number of nitrogens with one attached hydrogen (secondary N) is 1. The first-order valence-electron chi connectivity index (χ1n) is 6.29. The molecule has 0 unspecified atom stereocenters. The highest BCUT2D eigenvalue weighted by Crippen LogP contribution is 2.36. The third-order valence-electron chi connectivity index (χ3n) is 3.68. The Bertz CT molecular complexity index is 794. The summed E-state index contributed by atoms with van der Waals surface area (Å²) < 4.78 is 1.11. The van der Waals surface area contributed by atoms with Crippen molar-refractivity contribution in [2.24, 2.45) is 0 Å². The van der Waals surface area contributed by atoms with Crippen molar-refractivity contribution in [2.75, 3.05) is 12.4 Å². The van der Waals surface area contributed by atoms with E-state index < -0.39 is 0 Å². The van der Waals surface area contributed by atoms with Gasteiger partial charge in [-0.15, -0.1) is 0 Å². The monoisotopic (exact) mass is 314 g/mol. The molecule has 1 N–H and O–H groups in total. The molecule has 0 fully saturated rings. The Morgan fingerprint density at radius 2 is 1.74 bits per heavy atom. The van der Waals surface area contributed by atoms with Gasteiger partial charge < -0.3 is 5.32 Å². The van der Waals surface area contributed by atoms with Gasteiger partial charge in [0.15, 0.2) is 0 Å². The van der Waals surface area contributed by atoms with E-state index >= 15 is 0 Å². The maximum absolute atomic E-state index is 4.79. The van der Waals surface area contributed by atoms with Crippen LogP contribution >= 0.6 is 15.9 Å². The third kappa shape index (κ3) is 1.80. The summed E-state index contributed by atoms with van der Waals surface area (Å²) in [5, 5.41) is 6.86. The molecule has 0 saturated carbocycles. The van der Waals surface area contributed by atoms with E-state index in [4.69, 9.17) is 4.98 Å². The number of benzene rings is 2. The Balaban J connectivity index is 2.61. The molecule has 0 bridgehead atoms. The molecule has 0 atom stereocenters. The predicted octanol–water partition coefficient (Wildman–Crippen LogP) is 4.81. The molecule has 1 aromatic heterocycles. The molecule has 3 heteroatoms. The molecule has 2 aromatic carbocycles. The lowest BCUT2D eigenvalue weighted by atomic mass is 10.0. The minimum absolute atomic E-state index is 1.06. The molecular weight excluding hydrogens is 300 g/mol. The van der Waals surface area contributed by atoms with Gasteiger partial charge in [-0.25, -0.2) is 0 Å². The Labute approximate surface area is 121 Å². The van der Waals surface area contributed by atoms with Gasteiger partial charge in [0.2, 0.25) is 0 Å². The third-order valence-corrected chi connectivity index (χ3v) is 4.34. The number of hydrogen-bond acceptors (Lipinski definition) is 2. The minimum Gasteiger partial charge on any atom is -0.387 e. The number of nitrogens with zero attached hydrogens (tertiary/aromatic N) is 1. The molecule has 19 heavy (non-hydrogen) atoms. The second-order valence-electron chi connectivity index (χ2n) is 4.75. The second kappa shape index (κ2) is 4.49. The molecule has 0 aliphatic carbocycles. The van der Waals surface area contributed by atoms with Crippen molar-refractivity contribution in [3.05, 3.63) is 46.1 Å². The molecule has 0 aliphatic heterocycles. The van der Waals surface area contributed by atoms with Gasteiger partial charge in [-0.2, -0.15) is 0 Å². The van der Waals surface area contributed by atoms with E-state index in [-0.39, 0.29) is 0 Å². The summed E-state index contributed by atoms with van der Waals surface area (Å²) in [6.07, 6.45) is 0. The van der Waals surface area contributed by atoms with Crippen LogP contribution < -0.4 is 5.32 Å². The van der Waals surface area contributed by atoms with Crippen LogP contribution in [-0.4, -0.2) is 12.0 Å². The molecule has 0 radical (unpaired) electrons. The topological polar surface area (TPSA) is 24.9 Å². The number of aromatic nitrogens is 1. The fourth-order valence-corrected chi connectivity index (χ4v) is 3.16. The highest BCUT2D eigenvalue weighted by Gasteiger charge is 2.12. The highest BCUT2D eigenvalue weighted by molar-refractivity contribution is 9.10. The molecule has 2 nitrogen and oxygen atoms in total. The van der Waals surface area contributed by atoms with Crippen molar-refractivity contribution in [1.29, 1.82) is 0 Å². The first-order valence-corrected chi connectivity index (χ1v) is 7.08. The van der Waals surface area contributed by atoms with Gasteiger partial charge in [0.1, 0.15) is 0 Å². The largest absolute Gasteiger partial charge is 0.387 e. The lowest BCUT2D eigenvalue weighted by molar-refractivity contribution is 1.20. The zero-order valence-electron chi connectivity index (χ0n) is 11.2. The van der Waals surface area contributed by atoms with Crippen LogP contribution in [0, 0.1) is 13.8 Å². The second-order valence-corrected chi connectivity index (χ2v) is 5.60. The number of halogens is 1. The molecule has 0 amide bonds. The highest BCUT2D eigenvalue weighted by atomic mass is 79.9. The van der Waals surface area contributed by atoms with Gasteiger partial charge in [-0.05, 0) is 30.9 Å². The van der Waals surface area contributed by atoms with E-state index in [1.54, 1.807) is 0 Å². The van der Waals surface area contributed by atoms with Gasteiger partial charge in [0.05, 0.1) is 5.52 Å². The van der Waals surface area contributed by atoms with Crippen LogP contribution in [0.5, 0.6) is 0 Å². The molecule has 0 aliphatic rings. The van der Waals surface area contributed by atoms with E-state index in [9.17, 15) is 0 Å². The van der Waals surface area contributed by atoms with Crippen LogP contribution in [0.25, 0.3) is 21.7 Å². The van der Waals surface area contributed by atoms with E-state index in [0.29, 0.717) is 0 Å². The number of aryl methyl sites for hydroxylation is 1. The van der Waals surface area contributed by atoms with Crippen molar-refractivity contribution in [3.63, 3.8) is 0 Å². The van der Waals surface area contributed by atoms with Crippen LogP contribution in [0.4, 0.5) is 5.69 Å². The molecule has 3 aromatic rings. The van der Waals surface area contributed by atoms with Gasteiger partial charge in [0.25, 0.3) is 0 Å². The fourth-order valence-electron chi connectivity index (χ4n) is 2.58. The molecular formula is C16H15BrN2. The summed E-state index contributed by atoms with van der Waals surface area (Å²) in [5.74, 6) is 0. The Morgan fingerprint density at radius 1 is 1.05 bits per heavy atom. The van der Waals surface area contributed by atoms with Crippen molar-refractivity contribution >= 4 is 43.3 Å². The Hall–Kier alpha value is -1.61. The van der Waals surface area contributed by atoms with Crippen LogP contribution in [0.3, 0.4) is 0 Å². The average molecular weight is 315 g/mol. The SMILES string of the molecule is CNc1c(C)c(C)nc2c1cc(Br)c1ccccc12. The summed E-state index contributed by atoms with van der Waals surface area (Å²) in [6.45, 7) is 4.17. The Kier molecular flexibility index (Phi) is 2.94. The zero-order chi connectivity index (χ0) is 13.6. The maximum Gasteiger partial charge on any atom is 0.0805 e. The van der Waals surface area contributed by atoms with Gasteiger partial charge in [0, 0.05) is 33.7 Å². The molecule has 3 rings (SSSR count). The minimum atomic E-state index is 1.06. The smallest absolute Gasteiger partial charge is 0.0805 e. The van der Waals surface area contributed by atoms with Crippen LogP contribution in [0.1, 0.15) is 11.3 Å². The van der Waals surface area contributed by atoms with Crippen LogP contribution in [-0.2, 0) is 0 Å². The first kappa shape index (κ1) is 12.4. The summed E-state index contributed by atoms with van der Waals surface area (Å²) in [5.41, 5.74) is 4.50. The first-order chi connectivity index (χ1) is 9.13. The van der Waals surface area contributed by atoms with E-state index in [0.717, 1.165) is 26.8 Å². The van der Waals surface area contributed by atoms with E-state index in [2.05, 4.69) is 65.4 Å². The number of pyridine rings is 1. The predicted molar refractivity (Wildman–Crippen MR) is 86.0 cm³/mol. The number of hydrogen-bond donors (Lipinski definition) is 1. The van der Waals surface area contributed by atoms with Crippen LogP contribution in [0.2, 0.25) is 0 Å². The van der Waals surface area contributed by atoms with Crippen molar-refractivity contribution in [3.8, 4) is 0 Å². The van der Waals surface area contributed by atoms with E-state index in [1.807, 2.05) is 7.05 Å². The van der Waals surface area contributed by atoms with Gasteiger partial charge >= 0.3 is 0 Å². The van der Waals surface area contributed by atoms with Crippen LogP contribution in [0.15, 0.2) is 34.8 Å².